The van der Waals surface area contributed by atoms with Crippen molar-refractivity contribution in [2.45, 2.75) is 24.5 Å². The van der Waals surface area contributed by atoms with Gasteiger partial charge in [0.05, 0.1) is 12.9 Å². The molecule has 4 heterocycles. The van der Waals surface area contributed by atoms with E-state index in [0.29, 0.717) is 11.2 Å². The zero-order valence-electron chi connectivity index (χ0n) is 12.0. The van der Waals surface area contributed by atoms with Crippen LogP contribution in [0.3, 0.4) is 0 Å². The smallest absolute Gasteiger partial charge is 0.165 e. The molecule has 0 aliphatic carbocycles. The topological polar surface area (TPSA) is 101 Å². The molecule has 1 aliphatic rings. The lowest BCUT2D eigenvalue weighted by atomic mass is 10.1. The molecule has 1 saturated heterocycles. The molecule has 0 saturated carbocycles. The van der Waals surface area contributed by atoms with Crippen molar-refractivity contribution in [3.05, 3.63) is 36.1 Å². The Kier molecular flexibility index (Phi) is 3.63. The van der Waals surface area contributed by atoms with Crippen LogP contribution < -0.4 is 0 Å². The van der Waals surface area contributed by atoms with E-state index in [2.05, 4.69) is 9.97 Å². The quantitative estimate of drug-likeness (QED) is 0.655. The molecular formula is C15H15N3O4S. The summed E-state index contributed by atoms with van der Waals surface area (Å²) >= 11 is 1.61. The van der Waals surface area contributed by atoms with Crippen molar-refractivity contribution in [1.82, 2.24) is 14.5 Å². The van der Waals surface area contributed by atoms with Crippen molar-refractivity contribution >= 4 is 22.5 Å². The normalized spacial score (nSPS) is 27.8. The highest BCUT2D eigenvalue weighted by Gasteiger charge is 2.43. The number of hydrogen-bond acceptors (Lipinski definition) is 7. The molecular weight excluding hydrogens is 318 g/mol. The maximum absolute atomic E-state index is 10.2. The Labute approximate surface area is 135 Å². The van der Waals surface area contributed by atoms with Crippen molar-refractivity contribution in [3.8, 4) is 10.4 Å². The molecule has 3 aromatic heterocycles. The Morgan fingerprint density at radius 2 is 2.09 bits per heavy atom. The third-order valence-electron chi connectivity index (χ3n) is 4.04. The second-order valence-electron chi connectivity index (χ2n) is 5.39. The Balaban J connectivity index is 1.80. The first-order valence-electron chi connectivity index (χ1n) is 7.18. The van der Waals surface area contributed by atoms with E-state index in [1.807, 2.05) is 23.6 Å². The lowest BCUT2D eigenvalue weighted by Gasteiger charge is -2.16. The predicted octanol–water partition coefficient (Wildman–Crippen LogP) is 0.771. The summed E-state index contributed by atoms with van der Waals surface area (Å²) in [5.41, 5.74) is 2.22. The van der Waals surface area contributed by atoms with Gasteiger partial charge in [-0.3, -0.25) is 4.57 Å². The third-order valence-corrected chi connectivity index (χ3v) is 4.94. The molecule has 2 unspecified atom stereocenters. The number of nitrogens with zero attached hydrogens (tertiary/aromatic N) is 3. The van der Waals surface area contributed by atoms with Gasteiger partial charge in [-0.05, 0) is 17.5 Å². The number of hydrogen-bond donors (Lipinski definition) is 3. The van der Waals surface area contributed by atoms with Gasteiger partial charge in [-0.15, -0.1) is 11.3 Å². The van der Waals surface area contributed by atoms with Gasteiger partial charge in [-0.2, -0.15) is 0 Å². The van der Waals surface area contributed by atoms with Crippen LogP contribution in [0, 0.1) is 0 Å². The SMILES string of the molecule is OC[C@H]1O[C@@H](n2cnc3c(-c4cccs4)ccnc32)C(O)C1O. The summed E-state index contributed by atoms with van der Waals surface area (Å²) in [5, 5.41) is 31.3. The summed E-state index contributed by atoms with van der Waals surface area (Å²) in [5.74, 6) is 0. The summed E-state index contributed by atoms with van der Waals surface area (Å²) in [6, 6.07) is 5.86. The number of pyridine rings is 1. The largest absolute Gasteiger partial charge is 0.394 e. The molecule has 7 nitrogen and oxygen atoms in total. The van der Waals surface area contributed by atoms with Gasteiger partial charge in [0, 0.05) is 16.6 Å². The molecule has 4 rings (SSSR count). The van der Waals surface area contributed by atoms with Crippen molar-refractivity contribution in [1.29, 1.82) is 0 Å². The molecule has 0 bridgehead atoms. The maximum Gasteiger partial charge on any atom is 0.165 e. The van der Waals surface area contributed by atoms with Crippen molar-refractivity contribution in [2.75, 3.05) is 6.61 Å². The van der Waals surface area contributed by atoms with Crippen LogP contribution in [0.1, 0.15) is 6.23 Å². The lowest BCUT2D eigenvalue weighted by molar-refractivity contribution is -0.0511. The van der Waals surface area contributed by atoms with Crippen LogP contribution in [0.25, 0.3) is 21.6 Å². The van der Waals surface area contributed by atoms with E-state index in [1.165, 1.54) is 6.33 Å². The average Bonchev–Trinajstić information content (AvgIpc) is 3.28. The second kappa shape index (κ2) is 5.66. The van der Waals surface area contributed by atoms with Crippen molar-refractivity contribution in [3.63, 3.8) is 0 Å². The number of aliphatic hydroxyl groups excluding tert-OH is 3. The number of thiophene rings is 1. The van der Waals surface area contributed by atoms with E-state index >= 15 is 0 Å². The minimum atomic E-state index is -1.16. The summed E-state index contributed by atoms with van der Waals surface area (Å²) in [7, 11) is 0. The highest BCUT2D eigenvalue weighted by molar-refractivity contribution is 7.13. The fraction of sp³-hybridized carbons (Fsp3) is 0.333. The number of rotatable bonds is 3. The van der Waals surface area contributed by atoms with Crippen LogP contribution in [0.4, 0.5) is 0 Å². The number of fused-ring (bicyclic) bond motifs is 1. The first kappa shape index (κ1) is 14.7. The zero-order valence-corrected chi connectivity index (χ0v) is 12.8. The third kappa shape index (κ3) is 2.27. The molecule has 1 fully saturated rings. The van der Waals surface area contributed by atoms with Gasteiger partial charge >= 0.3 is 0 Å². The van der Waals surface area contributed by atoms with Crippen LogP contribution in [-0.2, 0) is 4.74 Å². The van der Waals surface area contributed by atoms with E-state index in [4.69, 9.17) is 4.74 Å². The molecule has 0 radical (unpaired) electrons. The van der Waals surface area contributed by atoms with Gasteiger partial charge in [0.1, 0.15) is 23.8 Å². The molecule has 3 aromatic rings. The summed E-state index contributed by atoms with van der Waals surface area (Å²) in [6.45, 7) is -0.366. The Morgan fingerprint density at radius 1 is 1.22 bits per heavy atom. The molecule has 8 heteroatoms. The first-order chi connectivity index (χ1) is 11.2. The minimum Gasteiger partial charge on any atom is -0.394 e. The second-order valence-corrected chi connectivity index (χ2v) is 6.34. The van der Waals surface area contributed by atoms with E-state index in [-0.39, 0.29) is 6.61 Å². The van der Waals surface area contributed by atoms with Gasteiger partial charge in [0.25, 0.3) is 0 Å². The van der Waals surface area contributed by atoms with Crippen LogP contribution in [0.5, 0.6) is 0 Å². The van der Waals surface area contributed by atoms with Crippen molar-refractivity contribution in [2.24, 2.45) is 0 Å². The molecule has 0 aromatic carbocycles. The number of imidazole rings is 1. The molecule has 1 aliphatic heterocycles. The minimum absolute atomic E-state index is 0.366. The van der Waals surface area contributed by atoms with Crippen LogP contribution in [-0.4, -0.2) is 54.8 Å². The molecule has 0 amide bonds. The summed E-state index contributed by atoms with van der Waals surface area (Å²) in [4.78, 5) is 9.81. The van der Waals surface area contributed by atoms with E-state index in [1.54, 1.807) is 22.1 Å². The highest BCUT2D eigenvalue weighted by Crippen LogP contribution is 2.34. The predicted molar refractivity (Wildman–Crippen MR) is 83.9 cm³/mol. The van der Waals surface area contributed by atoms with Crippen LogP contribution in [0.15, 0.2) is 36.1 Å². The summed E-state index contributed by atoms with van der Waals surface area (Å²) in [6.07, 6.45) is -0.753. The van der Waals surface area contributed by atoms with Gasteiger partial charge in [-0.25, -0.2) is 9.97 Å². The number of ether oxygens (including phenoxy) is 1. The number of aliphatic hydroxyl groups is 3. The van der Waals surface area contributed by atoms with Gasteiger partial charge in [-0.1, -0.05) is 6.07 Å². The maximum atomic E-state index is 10.2. The molecule has 120 valence electrons. The van der Waals surface area contributed by atoms with Gasteiger partial charge < -0.3 is 20.1 Å². The van der Waals surface area contributed by atoms with Gasteiger partial charge in [0.15, 0.2) is 11.9 Å². The summed E-state index contributed by atoms with van der Waals surface area (Å²) < 4.78 is 7.15. The molecule has 23 heavy (non-hydrogen) atoms. The standard InChI is InChI=1S/C15H15N3O4S/c19-6-9-12(20)13(21)15(22-9)18-7-17-11-8(3-4-16-14(11)18)10-2-1-5-23-10/h1-5,7,9,12-13,15,19-21H,6H2/t9-,12?,13?,15-/m1/s1. The van der Waals surface area contributed by atoms with Crippen molar-refractivity contribution < 1.29 is 20.1 Å². The van der Waals surface area contributed by atoms with E-state index < -0.39 is 24.5 Å². The van der Waals surface area contributed by atoms with E-state index in [9.17, 15) is 15.3 Å². The Morgan fingerprint density at radius 3 is 2.78 bits per heavy atom. The highest BCUT2D eigenvalue weighted by atomic mass is 32.1. The molecule has 3 N–H and O–H groups in total. The fourth-order valence-corrected chi connectivity index (χ4v) is 3.61. The van der Waals surface area contributed by atoms with Crippen LogP contribution in [0.2, 0.25) is 0 Å². The first-order valence-corrected chi connectivity index (χ1v) is 8.06. The fourth-order valence-electron chi connectivity index (χ4n) is 2.86. The zero-order chi connectivity index (χ0) is 16.0. The molecule has 0 spiro atoms. The average molecular weight is 333 g/mol. The van der Waals surface area contributed by atoms with E-state index in [0.717, 1.165) is 10.4 Å². The Hall–Kier alpha value is -1.84. The lowest BCUT2D eigenvalue weighted by Crippen LogP contribution is -2.33. The Bertz CT molecular complexity index is 819. The molecule has 4 atom stereocenters. The number of aromatic nitrogens is 3. The van der Waals surface area contributed by atoms with Gasteiger partial charge in [0.2, 0.25) is 0 Å². The van der Waals surface area contributed by atoms with Crippen LogP contribution >= 0.6 is 11.3 Å². The monoisotopic (exact) mass is 333 g/mol.